The van der Waals surface area contributed by atoms with Crippen LogP contribution in [0.25, 0.3) is 21.8 Å². The third kappa shape index (κ3) is 4.24. The zero-order valence-corrected chi connectivity index (χ0v) is 17.2. The number of pyridine rings is 1. The summed E-state index contributed by atoms with van der Waals surface area (Å²) in [7, 11) is 0. The summed E-state index contributed by atoms with van der Waals surface area (Å²) in [6.07, 6.45) is 0.833. The van der Waals surface area contributed by atoms with Crippen LogP contribution in [0.15, 0.2) is 30.3 Å². The molecule has 4 N–H and O–H groups in total. The van der Waals surface area contributed by atoms with Gasteiger partial charge in [0.15, 0.2) is 0 Å². The van der Waals surface area contributed by atoms with Crippen LogP contribution in [-0.2, 0) is 4.79 Å². The van der Waals surface area contributed by atoms with Gasteiger partial charge < -0.3 is 20.7 Å². The van der Waals surface area contributed by atoms with E-state index in [1.54, 1.807) is 13.0 Å². The number of aromatic amines is 1. The maximum Gasteiger partial charge on any atom is 0.270 e. The van der Waals surface area contributed by atoms with E-state index < -0.39 is 11.9 Å². The molecule has 2 heterocycles. The highest BCUT2D eigenvalue weighted by Gasteiger charge is 2.23. The summed E-state index contributed by atoms with van der Waals surface area (Å²) in [6, 6.07) is 8.54. The molecule has 0 fully saturated rings. The van der Waals surface area contributed by atoms with Gasteiger partial charge in [-0.1, -0.05) is 38.5 Å². The fraction of sp³-hybridized carbons (Fsp3) is 0.409. The van der Waals surface area contributed by atoms with E-state index >= 15 is 0 Å². The minimum Gasteiger partial charge on any atom is -0.394 e. The van der Waals surface area contributed by atoms with Crippen LogP contribution in [0.3, 0.4) is 0 Å². The molecule has 3 rings (SSSR count). The molecule has 2 aromatic heterocycles. The number of rotatable bonds is 7. The molecule has 3 atom stereocenters. The Hall–Kier alpha value is -2.93. The first-order valence-electron chi connectivity index (χ1n) is 9.95. The molecule has 7 nitrogen and oxygen atoms in total. The van der Waals surface area contributed by atoms with Crippen LogP contribution in [-0.4, -0.2) is 45.6 Å². The number of H-pyrrole nitrogens is 1. The van der Waals surface area contributed by atoms with E-state index in [1.165, 1.54) is 0 Å². The van der Waals surface area contributed by atoms with E-state index in [-0.39, 0.29) is 30.2 Å². The van der Waals surface area contributed by atoms with Crippen LogP contribution in [0.4, 0.5) is 0 Å². The van der Waals surface area contributed by atoms with Crippen molar-refractivity contribution in [3.8, 4) is 0 Å². The second-order valence-electron chi connectivity index (χ2n) is 7.56. The zero-order valence-electron chi connectivity index (χ0n) is 17.2. The van der Waals surface area contributed by atoms with Crippen molar-refractivity contribution in [2.24, 2.45) is 5.92 Å². The molecule has 0 unspecified atom stereocenters. The van der Waals surface area contributed by atoms with Crippen LogP contribution in [0, 0.1) is 12.8 Å². The summed E-state index contributed by atoms with van der Waals surface area (Å²) < 4.78 is 0. The number of benzene rings is 1. The van der Waals surface area contributed by atoms with Crippen LogP contribution in [0.1, 0.15) is 43.4 Å². The van der Waals surface area contributed by atoms with Gasteiger partial charge in [0, 0.05) is 16.3 Å². The molecule has 7 heteroatoms. The number of carbonyl (C=O) groups is 2. The smallest absolute Gasteiger partial charge is 0.270 e. The average molecular weight is 396 g/mol. The molecule has 154 valence electrons. The number of nitrogens with one attached hydrogen (secondary N) is 3. The van der Waals surface area contributed by atoms with Crippen molar-refractivity contribution in [3.63, 3.8) is 0 Å². The first-order chi connectivity index (χ1) is 13.8. The standard InChI is InChI=1S/C22H28N4O3/c1-5-12(2)19(11-27)26-21(28)14(4)24-22(29)18-10-16-15-8-6-7-9-17(15)25-20(16)13(3)23-18/h6-10,12,14,19,25,27H,5,11H2,1-4H3,(H,24,29)(H,26,28)/t12-,14-,19+/m0/s1. The number of hydrogen-bond donors (Lipinski definition) is 4. The number of amides is 2. The molecule has 0 bridgehead atoms. The van der Waals surface area contributed by atoms with Gasteiger partial charge in [0.05, 0.1) is 23.9 Å². The second kappa shape index (κ2) is 8.61. The first-order valence-corrected chi connectivity index (χ1v) is 9.95. The van der Waals surface area contributed by atoms with Crippen molar-refractivity contribution in [3.05, 3.63) is 41.7 Å². The molecule has 0 saturated carbocycles. The monoisotopic (exact) mass is 396 g/mol. The van der Waals surface area contributed by atoms with Gasteiger partial charge in [-0.25, -0.2) is 4.98 Å². The Balaban J connectivity index is 1.78. The zero-order chi connectivity index (χ0) is 21.1. The van der Waals surface area contributed by atoms with Crippen molar-refractivity contribution >= 4 is 33.6 Å². The highest BCUT2D eigenvalue weighted by atomic mass is 16.3. The normalized spacial score (nSPS) is 14.5. The number of para-hydroxylation sites is 1. The van der Waals surface area contributed by atoms with Crippen LogP contribution in [0.2, 0.25) is 0 Å². The molecular weight excluding hydrogens is 368 g/mol. The molecule has 0 aliphatic heterocycles. The van der Waals surface area contributed by atoms with Gasteiger partial charge in [-0.15, -0.1) is 0 Å². The van der Waals surface area contributed by atoms with Gasteiger partial charge in [0.1, 0.15) is 11.7 Å². The molecule has 1 aromatic carbocycles. The van der Waals surface area contributed by atoms with Gasteiger partial charge in [0.2, 0.25) is 5.91 Å². The van der Waals surface area contributed by atoms with Crippen LogP contribution >= 0.6 is 0 Å². The highest BCUT2D eigenvalue weighted by Crippen LogP contribution is 2.27. The lowest BCUT2D eigenvalue weighted by atomic mass is 9.99. The molecule has 0 radical (unpaired) electrons. The lowest BCUT2D eigenvalue weighted by molar-refractivity contribution is -0.124. The number of aliphatic hydroxyl groups excluding tert-OH is 1. The summed E-state index contributed by atoms with van der Waals surface area (Å²) in [5.41, 5.74) is 2.86. The number of aromatic nitrogens is 2. The van der Waals surface area contributed by atoms with Crippen molar-refractivity contribution < 1.29 is 14.7 Å². The van der Waals surface area contributed by atoms with Crippen molar-refractivity contribution in [1.82, 2.24) is 20.6 Å². The maximum atomic E-state index is 12.7. The number of carbonyl (C=O) groups excluding carboxylic acids is 2. The number of fused-ring (bicyclic) bond motifs is 3. The molecule has 2 amide bonds. The third-order valence-electron chi connectivity index (χ3n) is 5.51. The molecule has 0 aliphatic carbocycles. The van der Waals surface area contributed by atoms with E-state index in [2.05, 4.69) is 20.6 Å². The Morgan fingerprint density at radius 1 is 1.17 bits per heavy atom. The summed E-state index contributed by atoms with van der Waals surface area (Å²) in [5, 5.41) is 17.0. The van der Waals surface area contributed by atoms with E-state index in [9.17, 15) is 14.7 Å². The SMILES string of the molecule is CC[C@H](C)[C@@H](CO)NC(=O)[C@H](C)NC(=O)c1cc2c([nH]c3ccccc32)c(C)n1. The van der Waals surface area contributed by atoms with Gasteiger partial charge in [0.25, 0.3) is 5.91 Å². The average Bonchev–Trinajstić information content (AvgIpc) is 3.10. The topological polar surface area (TPSA) is 107 Å². The first kappa shape index (κ1) is 20.8. The molecule has 3 aromatic rings. The Labute approximate surface area is 169 Å². The predicted octanol–water partition coefficient (Wildman–Crippen LogP) is 2.67. The fourth-order valence-corrected chi connectivity index (χ4v) is 3.42. The molecule has 0 spiro atoms. The number of aryl methyl sites for hydroxylation is 1. The lowest BCUT2D eigenvalue weighted by Gasteiger charge is -2.24. The van der Waals surface area contributed by atoms with E-state index in [1.807, 2.05) is 45.0 Å². The quantitative estimate of drug-likeness (QED) is 0.492. The molecular formula is C22H28N4O3. The summed E-state index contributed by atoms with van der Waals surface area (Å²) >= 11 is 0. The van der Waals surface area contributed by atoms with Crippen molar-refractivity contribution in [2.75, 3.05) is 6.61 Å². The minimum atomic E-state index is -0.749. The predicted molar refractivity (Wildman–Crippen MR) is 114 cm³/mol. The Bertz CT molecular complexity index is 1040. The Morgan fingerprint density at radius 3 is 2.59 bits per heavy atom. The third-order valence-corrected chi connectivity index (χ3v) is 5.51. The summed E-state index contributed by atoms with van der Waals surface area (Å²) in [4.78, 5) is 32.9. The second-order valence-corrected chi connectivity index (χ2v) is 7.56. The van der Waals surface area contributed by atoms with Gasteiger partial charge >= 0.3 is 0 Å². The van der Waals surface area contributed by atoms with E-state index in [0.717, 1.165) is 33.9 Å². The van der Waals surface area contributed by atoms with E-state index in [0.29, 0.717) is 0 Å². The molecule has 29 heavy (non-hydrogen) atoms. The molecule has 0 saturated heterocycles. The Morgan fingerprint density at radius 2 is 1.90 bits per heavy atom. The van der Waals surface area contributed by atoms with Crippen molar-refractivity contribution in [1.29, 1.82) is 0 Å². The van der Waals surface area contributed by atoms with Gasteiger partial charge in [-0.3, -0.25) is 9.59 Å². The summed E-state index contributed by atoms with van der Waals surface area (Å²) in [5.74, 6) is -0.602. The molecule has 0 aliphatic rings. The number of hydrogen-bond acceptors (Lipinski definition) is 4. The van der Waals surface area contributed by atoms with Crippen LogP contribution in [0.5, 0.6) is 0 Å². The highest BCUT2D eigenvalue weighted by molar-refractivity contribution is 6.10. The fourth-order valence-electron chi connectivity index (χ4n) is 3.42. The van der Waals surface area contributed by atoms with Gasteiger partial charge in [-0.05, 0) is 31.9 Å². The van der Waals surface area contributed by atoms with Gasteiger partial charge in [-0.2, -0.15) is 0 Å². The largest absolute Gasteiger partial charge is 0.394 e. The summed E-state index contributed by atoms with van der Waals surface area (Å²) in [6.45, 7) is 7.30. The number of aliphatic hydroxyl groups is 1. The number of nitrogens with zero attached hydrogens (tertiary/aromatic N) is 1. The Kier molecular flexibility index (Phi) is 6.17. The lowest BCUT2D eigenvalue weighted by Crippen LogP contribution is -2.50. The van der Waals surface area contributed by atoms with E-state index in [4.69, 9.17) is 0 Å². The minimum absolute atomic E-state index is 0.139. The maximum absolute atomic E-state index is 12.7. The van der Waals surface area contributed by atoms with Crippen molar-refractivity contribution in [2.45, 2.75) is 46.2 Å². The van der Waals surface area contributed by atoms with Crippen LogP contribution < -0.4 is 10.6 Å².